The molecule has 3 atom stereocenters. The molecule has 2 aromatic rings. The van der Waals surface area contributed by atoms with Crippen LogP contribution in [0.4, 0.5) is 0 Å². The maximum absolute atomic E-state index is 13.2. The Morgan fingerprint density at radius 2 is 2.10 bits per heavy atom. The van der Waals surface area contributed by atoms with Gasteiger partial charge in [0.1, 0.15) is 11.9 Å². The van der Waals surface area contributed by atoms with Crippen molar-refractivity contribution >= 4 is 29.7 Å². The van der Waals surface area contributed by atoms with Crippen LogP contribution in [0.1, 0.15) is 48.7 Å². The lowest BCUT2D eigenvalue weighted by molar-refractivity contribution is 0.0622. The van der Waals surface area contributed by atoms with Crippen LogP contribution in [-0.2, 0) is 17.7 Å². The number of allylic oxidation sites excluding steroid dienone is 1. The minimum Gasteiger partial charge on any atom is -0.612 e. The van der Waals surface area contributed by atoms with Crippen LogP contribution in [0.3, 0.4) is 0 Å². The first-order valence-electron chi connectivity index (χ1n) is 10.9. The number of carbonyl (C=O) groups excluding carboxylic acids is 1. The molecular weight excluding hydrogens is 406 g/mol. The highest BCUT2D eigenvalue weighted by Gasteiger charge is 2.29. The molecular formula is C25H33N3O2S. The molecule has 1 aliphatic carbocycles. The van der Waals surface area contributed by atoms with Crippen molar-refractivity contribution in [2.75, 3.05) is 12.8 Å². The van der Waals surface area contributed by atoms with Gasteiger partial charge < -0.3 is 19.8 Å². The van der Waals surface area contributed by atoms with E-state index in [1.165, 1.54) is 5.56 Å². The predicted molar refractivity (Wildman–Crippen MR) is 129 cm³/mol. The third-order valence-corrected chi connectivity index (χ3v) is 6.94. The van der Waals surface area contributed by atoms with Crippen molar-refractivity contribution in [3.63, 3.8) is 0 Å². The summed E-state index contributed by atoms with van der Waals surface area (Å²) >= 11 is -0.950. The molecule has 1 aliphatic rings. The Balaban J connectivity index is 1.63. The summed E-state index contributed by atoms with van der Waals surface area (Å²) < 4.78 is 11.6. The standard InChI is InChI=1S/C25H33N3O2S/c1-5-8-20-15-24(27-18(20)3)25(29)28(6-2)22-10-7-9-21(16-22)26-17-19-11-13-23(14-12-19)31(4)30/h5,8,11-15,21-22,26-27H,1,3,6-7,9-10,16-17H2,2,4H3/b20-8-/t21-,22+,31?/m1/s1. The van der Waals surface area contributed by atoms with E-state index in [2.05, 4.69) is 23.5 Å². The predicted octanol–water partition coefficient (Wildman–Crippen LogP) is 2.69. The molecule has 1 aromatic carbocycles. The second kappa shape index (κ2) is 10.8. The van der Waals surface area contributed by atoms with Gasteiger partial charge in [-0.2, -0.15) is 0 Å². The lowest BCUT2D eigenvalue weighted by atomic mass is 9.89. The van der Waals surface area contributed by atoms with Gasteiger partial charge in [0.15, 0.2) is 4.90 Å². The zero-order valence-corrected chi connectivity index (χ0v) is 19.3. The first kappa shape index (κ1) is 23.4. The smallest absolute Gasteiger partial charge is 0.270 e. The van der Waals surface area contributed by atoms with Crippen LogP contribution in [-0.4, -0.2) is 45.2 Å². The summed E-state index contributed by atoms with van der Waals surface area (Å²) in [5.41, 5.74) is 1.77. The fourth-order valence-electron chi connectivity index (χ4n) is 4.32. The molecule has 1 aromatic heterocycles. The Kier molecular flexibility index (Phi) is 8.18. The van der Waals surface area contributed by atoms with Crippen LogP contribution < -0.4 is 15.9 Å². The quantitative estimate of drug-likeness (QED) is 0.622. The fourth-order valence-corrected chi connectivity index (χ4v) is 4.84. The van der Waals surface area contributed by atoms with Gasteiger partial charge in [-0.05, 0) is 72.8 Å². The van der Waals surface area contributed by atoms with E-state index in [9.17, 15) is 9.35 Å². The number of nitrogens with zero attached hydrogens (tertiary/aromatic N) is 1. The number of amides is 1. The summed E-state index contributed by atoms with van der Waals surface area (Å²) in [5.74, 6) is 0.0323. The molecule has 31 heavy (non-hydrogen) atoms. The highest BCUT2D eigenvalue weighted by molar-refractivity contribution is 7.90. The summed E-state index contributed by atoms with van der Waals surface area (Å²) in [4.78, 5) is 19.2. The fraction of sp³-hybridized carbons (Fsp3) is 0.400. The highest BCUT2D eigenvalue weighted by Crippen LogP contribution is 2.24. The second-order valence-corrected chi connectivity index (χ2v) is 9.49. The normalized spacial score (nSPS) is 20.4. The zero-order valence-electron chi connectivity index (χ0n) is 18.5. The van der Waals surface area contributed by atoms with Crippen LogP contribution in [0.2, 0.25) is 0 Å². The van der Waals surface area contributed by atoms with Gasteiger partial charge in [-0.1, -0.05) is 37.4 Å². The van der Waals surface area contributed by atoms with Crippen molar-refractivity contribution < 1.29 is 9.35 Å². The number of aromatic amines is 1. The van der Waals surface area contributed by atoms with Gasteiger partial charge in [-0.25, -0.2) is 0 Å². The van der Waals surface area contributed by atoms with Crippen molar-refractivity contribution in [3.05, 3.63) is 64.8 Å². The van der Waals surface area contributed by atoms with Crippen molar-refractivity contribution in [1.29, 1.82) is 0 Å². The molecule has 0 bridgehead atoms. The molecule has 0 radical (unpaired) electrons. The molecule has 1 fully saturated rings. The van der Waals surface area contributed by atoms with E-state index in [1.807, 2.05) is 48.2 Å². The number of rotatable bonds is 8. The van der Waals surface area contributed by atoms with Crippen LogP contribution in [0, 0.1) is 0 Å². The maximum atomic E-state index is 13.2. The SMILES string of the molecule is C=C/C=c1/cc(C(=O)N(CC)[C@H]2CCC[C@@H](NCc3ccc([S+](C)[O-])cc3)C2)[nH]c1=C. The van der Waals surface area contributed by atoms with Gasteiger partial charge in [0.25, 0.3) is 5.91 Å². The molecule has 3 rings (SSSR count). The van der Waals surface area contributed by atoms with Crippen LogP contribution in [0.15, 0.2) is 47.9 Å². The van der Waals surface area contributed by atoms with Crippen molar-refractivity contribution in [1.82, 2.24) is 15.2 Å². The van der Waals surface area contributed by atoms with Gasteiger partial charge in [0, 0.05) is 30.5 Å². The average molecular weight is 440 g/mol. The molecule has 2 N–H and O–H groups in total. The summed E-state index contributed by atoms with van der Waals surface area (Å²) in [7, 11) is 0. The van der Waals surface area contributed by atoms with Gasteiger partial charge in [0.2, 0.25) is 0 Å². The molecule has 1 heterocycles. The largest absolute Gasteiger partial charge is 0.612 e. The van der Waals surface area contributed by atoms with Crippen molar-refractivity contribution in [3.8, 4) is 0 Å². The molecule has 166 valence electrons. The van der Waals surface area contributed by atoms with Crippen LogP contribution in [0.25, 0.3) is 12.7 Å². The highest BCUT2D eigenvalue weighted by atomic mass is 32.2. The third kappa shape index (κ3) is 5.91. The van der Waals surface area contributed by atoms with Crippen LogP contribution >= 0.6 is 0 Å². The number of carbonyl (C=O) groups is 1. The summed E-state index contributed by atoms with van der Waals surface area (Å²) in [6.07, 6.45) is 9.44. The van der Waals surface area contributed by atoms with E-state index in [0.29, 0.717) is 18.3 Å². The Hall–Kier alpha value is -2.28. The average Bonchev–Trinajstić information content (AvgIpc) is 3.14. The summed E-state index contributed by atoms with van der Waals surface area (Å²) in [6.45, 7) is 11.2. The number of nitrogens with one attached hydrogen (secondary N) is 2. The molecule has 1 unspecified atom stereocenters. The van der Waals surface area contributed by atoms with E-state index in [1.54, 1.807) is 12.3 Å². The minimum atomic E-state index is -0.950. The first-order chi connectivity index (χ1) is 14.9. The van der Waals surface area contributed by atoms with Crippen LogP contribution in [0.5, 0.6) is 0 Å². The van der Waals surface area contributed by atoms with Gasteiger partial charge in [-0.15, -0.1) is 0 Å². The topological polar surface area (TPSA) is 71.2 Å². The Morgan fingerprint density at radius 3 is 2.74 bits per heavy atom. The number of hydrogen-bond donors (Lipinski definition) is 2. The van der Waals surface area contributed by atoms with E-state index in [0.717, 1.165) is 47.7 Å². The maximum Gasteiger partial charge on any atom is 0.270 e. The molecule has 6 heteroatoms. The third-order valence-electron chi connectivity index (χ3n) is 6.00. The van der Waals surface area contributed by atoms with Gasteiger partial charge in [-0.3, -0.25) is 4.79 Å². The zero-order chi connectivity index (χ0) is 22.4. The van der Waals surface area contributed by atoms with E-state index >= 15 is 0 Å². The number of aromatic nitrogens is 1. The number of hydrogen-bond acceptors (Lipinski definition) is 3. The van der Waals surface area contributed by atoms with Crippen molar-refractivity contribution in [2.24, 2.45) is 0 Å². The second-order valence-electron chi connectivity index (χ2n) is 8.11. The number of H-pyrrole nitrogens is 1. The van der Waals surface area contributed by atoms with Gasteiger partial charge in [0.05, 0.1) is 0 Å². The molecule has 1 saturated carbocycles. The molecule has 1 amide bonds. The van der Waals surface area contributed by atoms with E-state index in [4.69, 9.17) is 0 Å². The van der Waals surface area contributed by atoms with Crippen molar-refractivity contribution in [2.45, 2.75) is 56.1 Å². The lowest BCUT2D eigenvalue weighted by Crippen LogP contribution is -2.47. The minimum absolute atomic E-state index is 0.0323. The molecule has 0 spiro atoms. The monoisotopic (exact) mass is 439 g/mol. The van der Waals surface area contributed by atoms with Gasteiger partial charge >= 0.3 is 0 Å². The van der Waals surface area contributed by atoms with E-state index in [-0.39, 0.29) is 11.9 Å². The molecule has 0 saturated heterocycles. The Labute approximate surface area is 188 Å². The van der Waals surface area contributed by atoms with E-state index < -0.39 is 11.2 Å². The summed E-state index contributed by atoms with van der Waals surface area (Å²) in [5, 5.41) is 5.29. The first-order valence-corrected chi connectivity index (χ1v) is 12.5. The molecule has 0 aliphatic heterocycles. The Morgan fingerprint density at radius 1 is 1.35 bits per heavy atom. The lowest BCUT2D eigenvalue weighted by Gasteiger charge is -2.37. The number of benzene rings is 1. The molecule has 5 nitrogen and oxygen atoms in total. The summed E-state index contributed by atoms with van der Waals surface area (Å²) in [6, 6.07) is 10.4. The Bertz CT molecular complexity index is 997.